The summed E-state index contributed by atoms with van der Waals surface area (Å²) in [6.07, 6.45) is 3.67. The molecule has 0 aliphatic heterocycles. The number of rotatable bonds is 6. The van der Waals surface area contributed by atoms with Crippen molar-refractivity contribution in [3.8, 4) is 5.69 Å². The van der Waals surface area contributed by atoms with E-state index in [0.29, 0.717) is 11.3 Å². The molecule has 232 valence electrons. The van der Waals surface area contributed by atoms with Gasteiger partial charge in [-0.25, -0.2) is 23.1 Å². The van der Waals surface area contributed by atoms with E-state index in [-0.39, 0.29) is 24.2 Å². The normalized spacial score (nSPS) is 32.4. The van der Waals surface area contributed by atoms with E-state index >= 15 is 8.78 Å². The molecule has 10 heteroatoms. The predicted molar refractivity (Wildman–Crippen MR) is 157 cm³/mol. The highest BCUT2D eigenvalue weighted by Gasteiger charge is 2.74. The lowest BCUT2D eigenvalue weighted by Gasteiger charge is -2.64. The number of nitrogens with zero attached hydrogens (tertiary/aromatic N) is 2. The molecule has 3 aliphatic carbocycles. The second-order valence-corrected chi connectivity index (χ2v) is 13.2. The largest absolute Gasteiger partial charge is 0.478 e. The van der Waals surface area contributed by atoms with Gasteiger partial charge in [-0.15, -0.1) is 0 Å². The van der Waals surface area contributed by atoms with Gasteiger partial charge < -0.3 is 19.4 Å². The molecule has 3 unspecified atom stereocenters. The first-order valence-electron chi connectivity index (χ1n) is 14.8. The lowest BCUT2D eigenvalue weighted by molar-refractivity contribution is -0.240. The highest BCUT2D eigenvalue weighted by molar-refractivity contribution is 5.90. The van der Waals surface area contributed by atoms with Gasteiger partial charge in [-0.05, 0) is 66.3 Å². The summed E-state index contributed by atoms with van der Waals surface area (Å²) in [6, 6.07) is 12.2. The Bertz CT molecular complexity index is 1680. The number of hydrogen-bond donors (Lipinski definition) is 2. The van der Waals surface area contributed by atoms with Crippen LogP contribution >= 0.6 is 0 Å². The van der Waals surface area contributed by atoms with E-state index < -0.39 is 63.7 Å². The van der Waals surface area contributed by atoms with Crippen LogP contribution in [0.15, 0.2) is 76.8 Å². The quantitative estimate of drug-likeness (QED) is 0.315. The number of aliphatic carboxylic acids is 1. The number of aliphatic hydroxyl groups is 1. The lowest BCUT2D eigenvalue weighted by atomic mass is 9.43. The topological polar surface area (TPSA) is 115 Å². The van der Waals surface area contributed by atoms with Crippen molar-refractivity contribution < 1.29 is 37.7 Å². The summed E-state index contributed by atoms with van der Waals surface area (Å²) in [6.45, 7) is 8.03. The number of aromatic nitrogens is 2. The molecule has 2 heterocycles. The van der Waals surface area contributed by atoms with Crippen molar-refractivity contribution in [1.82, 2.24) is 9.78 Å². The molecule has 0 amide bonds. The Morgan fingerprint density at radius 2 is 1.89 bits per heavy atom. The third kappa shape index (κ3) is 3.79. The maximum atomic E-state index is 18.0. The molecule has 1 fully saturated rings. The van der Waals surface area contributed by atoms with E-state index in [1.165, 1.54) is 24.5 Å². The van der Waals surface area contributed by atoms with Gasteiger partial charge in [0.05, 0.1) is 29.9 Å². The van der Waals surface area contributed by atoms with E-state index in [9.17, 15) is 19.8 Å². The molecule has 3 aromatic rings. The molecule has 6 rings (SSSR count). The van der Waals surface area contributed by atoms with Crippen LogP contribution in [0.5, 0.6) is 0 Å². The number of para-hydroxylation sites is 1. The number of carbonyl (C=O) groups is 2. The average Bonchev–Trinajstić information content (AvgIpc) is 3.66. The molecule has 2 aromatic heterocycles. The number of furan rings is 1. The highest BCUT2D eigenvalue weighted by atomic mass is 19.1. The minimum atomic E-state index is -2.38. The highest BCUT2D eigenvalue weighted by Crippen LogP contribution is 2.67. The van der Waals surface area contributed by atoms with Crippen LogP contribution in [0.2, 0.25) is 0 Å². The van der Waals surface area contributed by atoms with Gasteiger partial charge in [-0.1, -0.05) is 52.8 Å². The molecule has 0 radical (unpaired) electrons. The van der Waals surface area contributed by atoms with E-state index in [0.717, 1.165) is 5.69 Å². The van der Waals surface area contributed by atoms with Gasteiger partial charge >= 0.3 is 11.9 Å². The zero-order valence-electron chi connectivity index (χ0n) is 25.3. The summed E-state index contributed by atoms with van der Waals surface area (Å²) in [5, 5.41) is 27.1. The molecular weight excluding hydrogens is 570 g/mol. The van der Waals surface area contributed by atoms with Crippen molar-refractivity contribution in [3.05, 3.63) is 89.4 Å². The Hall–Kier alpha value is -4.05. The van der Waals surface area contributed by atoms with E-state index in [1.807, 2.05) is 30.3 Å². The third-order valence-electron chi connectivity index (χ3n) is 10.8. The molecule has 0 saturated heterocycles. The molecule has 3 aliphatic rings. The first kappa shape index (κ1) is 30.0. The lowest BCUT2D eigenvalue weighted by Crippen LogP contribution is -2.72. The van der Waals surface area contributed by atoms with Crippen molar-refractivity contribution in [2.24, 2.45) is 28.6 Å². The number of benzene rings is 1. The van der Waals surface area contributed by atoms with Gasteiger partial charge in [-0.2, -0.15) is 5.10 Å². The number of hydrogen-bond acceptors (Lipinski definition) is 6. The summed E-state index contributed by atoms with van der Waals surface area (Å²) in [4.78, 5) is 26.3. The van der Waals surface area contributed by atoms with Crippen LogP contribution in [0.4, 0.5) is 8.78 Å². The van der Waals surface area contributed by atoms with E-state index in [2.05, 4.69) is 5.10 Å². The Morgan fingerprint density at radius 3 is 2.50 bits per heavy atom. The average molecular weight is 607 g/mol. The number of carboxylic acid groups (broad SMARTS) is 1. The van der Waals surface area contributed by atoms with Gasteiger partial charge in [-0.3, -0.25) is 0 Å². The Morgan fingerprint density at radius 1 is 1.18 bits per heavy atom. The maximum Gasteiger partial charge on any atom is 0.375 e. The van der Waals surface area contributed by atoms with E-state index in [1.54, 1.807) is 51.6 Å². The molecule has 1 aromatic carbocycles. The van der Waals surface area contributed by atoms with Crippen molar-refractivity contribution in [3.63, 3.8) is 0 Å². The van der Waals surface area contributed by atoms with Crippen LogP contribution in [-0.2, 0) is 16.0 Å². The number of carboxylic acids is 1. The Balaban J connectivity index is 1.47. The fourth-order valence-corrected chi connectivity index (χ4v) is 8.38. The molecule has 7 atom stereocenters. The summed E-state index contributed by atoms with van der Waals surface area (Å²) < 4.78 is 47.0. The van der Waals surface area contributed by atoms with Crippen LogP contribution in [0.3, 0.4) is 0 Å². The summed E-state index contributed by atoms with van der Waals surface area (Å²) in [5.41, 5.74) is -5.40. The monoisotopic (exact) mass is 606 g/mol. The standard InChI is InChI=1S/C34H36F2N2O6/c1-19(2)34(30(41)42,44-29(40)27-12-9-13-43-27)31(4)17-28(39)33(36)23(20(31)3)14-25(35)24-15-26-21(16-32(24,33)5)18-37-38(26)22-10-7-6-8-11-22/h6-15,18-20,23,28,39H,16-17H2,1-5H3,(H,41,42)/t20?,23?,28-,31-,32-,33-,34?/m0/s1. The van der Waals surface area contributed by atoms with Gasteiger partial charge in [0.1, 0.15) is 5.83 Å². The minimum absolute atomic E-state index is 0.0670. The smallest absolute Gasteiger partial charge is 0.375 e. The summed E-state index contributed by atoms with van der Waals surface area (Å²) in [5.74, 6) is -6.22. The number of aliphatic hydroxyl groups excluding tert-OH is 1. The van der Waals surface area contributed by atoms with Gasteiger partial charge in [0, 0.05) is 22.7 Å². The number of fused-ring (bicyclic) bond motifs is 4. The molecule has 8 nitrogen and oxygen atoms in total. The van der Waals surface area contributed by atoms with Gasteiger partial charge in [0.25, 0.3) is 0 Å². The molecule has 1 saturated carbocycles. The van der Waals surface area contributed by atoms with E-state index in [4.69, 9.17) is 9.15 Å². The first-order chi connectivity index (χ1) is 20.7. The first-order valence-corrected chi connectivity index (χ1v) is 14.8. The number of halogens is 2. The maximum absolute atomic E-state index is 18.0. The van der Waals surface area contributed by atoms with Crippen LogP contribution < -0.4 is 0 Å². The zero-order chi connectivity index (χ0) is 31.8. The van der Waals surface area contributed by atoms with Gasteiger partial charge in [0.15, 0.2) is 5.67 Å². The number of carbonyl (C=O) groups excluding carboxylic acids is 1. The van der Waals surface area contributed by atoms with Crippen molar-refractivity contribution in [1.29, 1.82) is 0 Å². The Kier molecular flexibility index (Phi) is 6.81. The predicted octanol–water partition coefficient (Wildman–Crippen LogP) is 6.35. The van der Waals surface area contributed by atoms with Crippen molar-refractivity contribution in [2.45, 2.75) is 64.8 Å². The molecule has 44 heavy (non-hydrogen) atoms. The molecular formula is C34H36F2N2O6. The molecule has 0 bridgehead atoms. The number of ether oxygens (including phenoxy) is 1. The third-order valence-corrected chi connectivity index (χ3v) is 10.8. The van der Waals surface area contributed by atoms with Crippen molar-refractivity contribution >= 4 is 18.0 Å². The molecule has 2 N–H and O–H groups in total. The van der Waals surface area contributed by atoms with Crippen LogP contribution in [-0.4, -0.2) is 49.3 Å². The Labute approximate surface area is 254 Å². The van der Waals surface area contributed by atoms with Crippen LogP contribution in [0, 0.1) is 28.6 Å². The fourth-order valence-electron chi connectivity index (χ4n) is 8.38. The van der Waals surface area contributed by atoms with Gasteiger partial charge in [0.2, 0.25) is 11.4 Å². The number of alkyl halides is 1. The minimum Gasteiger partial charge on any atom is -0.478 e. The SMILES string of the molecule is CC(C)C(OC(=O)c1ccco1)(C(=O)O)[C@@]1(C)C[C@H](O)[C@@]2(F)C(C=C(F)C3=Cc4c(cnn4-c4ccccc4)C[C@@]32C)C1C. The van der Waals surface area contributed by atoms with Crippen LogP contribution in [0.1, 0.15) is 62.9 Å². The fraction of sp³-hybridized carbons (Fsp3) is 0.441. The summed E-state index contributed by atoms with van der Waals surface area (Å²) in [7, 11) is 0. The number of esters is 1. The molecule has 0 spiro atoms. The van der Waals surface area contributed by atoms with Crippen LogP contribution in [0.25, 0.3) is 11.8 Å². The summed E-state index contributed by atoms with van der Waals surface area (Å²) >= 11 is 0. The second kappa shape index (κ2) is 9.99. The second-order valence-electron chi connectivity index (χ2n) is 13.2. The zero-order valence-corrected chi connectivity index (χ0v) is 25.3. The van der Waals surface area contributed by atoms with Crippen molar-refractivity contribution in [2.75, 3.05) is 0 Å². The number of allylic oxidation sites excluding steroid dienone is 3.